The monoisotopic (exact) mass is 879 g/mol. The zero-order valence-corrected chi connectivity index (χ0v) is 38.6. The summed E-state index contributed by atoms with van der Waals surface area (Å²) in [7, 11) is 0. The number of hydrogen-bond acceptors (Lipinski definition) is 15. The summed E-state index contributed by atoms with van der Waals surface area (Å²) in [5, 5.41) is 57.0. The second-order valence-corrected chi connectivity index (χ2v) is 20.9. The van der Waals surface area contributed by atoms with Crippen LogP contribution in [0, 0.1) is 45.3 Å². The lowest BCUT2D eigenvalue weighted by molar-refractivity contribution is -0.316. The second-order valence-electron chi connectivity index (χ2n) is 20.9. The van der Waals surface area contributed by atoms with Gasteiger partial charge in [-0.15, -0.1) is 0 Å². The number of allylic oxidation sites excluding steroid dienone is 2. The van der Waals surface area contributed by atoms with Gasteiger partial charge in [0.15, 0.2) is 24.8 Å². The third-order valence-corrected chi connectivity index (χ3v) is 16.3. The highest BCUT2D eigenvalue weighted by molar-refractivity contribution is 5.67. The van der Waals surface area contributed by atoms with Crippen LogP contribution >= 0.6 is 0 Å². The third kappa shape index (κ3) is 8.92. The molecule has 3 saturated carbocycles. The van der Waals surface area contributed by atoms with Gasteiger partial charge in [0.05, 0.1) is 24.9 Å². The minimum absolute atomic E-state index is 0.0225. The average molecular weight is 879 g/mol. The number of hydrogen-bond donors (Lipinski definition) is 5. The molecule has 0 unspecified atom stereocenters. The Morgan fingerprint density at radius 3 is 2.11 bits per heavy atom. The van der Waals surface area contributed by atoms with Crippen LogP contribution in [0.5, 0.6) is 0 Å². The fourth-order valence-corrected chi connectivity index (χ4v) is 13.2. The summed E-state index contributed by atoms with van der Waals surface area (Å²) in [5.41, 5.74) is 0.619. The van der Waals surface area contributed by atoms with Gasteiger partial charge in [-0.05, 0) is 92.8 Å². The smallest absolute Gasteiger partial charge is 0.303 e. The molecule has 0 aromatic rings. The summed E-state index contributed by atoms with van der Waals surface area (Å²) in [5.74, 6) is -1.73. The number of aliphatic hydroxyl groups is 5. The van der Waals surface area contributed by atoms with Gasteiger partial charge in [-0.25, -0.2) is 0 Å². The Morgan fingerprint density at radius 2 is 1.48 bits per heavy atom. The number of aliphatic hydroxyl groups excluding tert-OH is 5. The lowest BCUT2D eigenvalue weighted by atomic mass is 9.38. The van der Waals surface area contributed by atoms with Gasteiger partial charge < -0.3 is 58.7 Å². The molecule has 6 rings (SSSR count). The molecular formula is C47H74O15. The SMILES string of the molecule is CC(=O)OC[C@H]1O[C@@H](O[C@H]2C[C@@]3(C)[C@@H]4[C@@H](O)C=C5[C@@H](CC[C@H](O[C@@H]6OC[C@@H](OC(C)=O)[C@H](OC(C)=O)[C@H]6O)C5(C)C)[C@]4(C)CC[C@]3(C)[C@H]2[C@H](C)CCC=C(C)C)[C@H](O)[C@@H](O)[C@@H]1O. The molecule has 0 aromatic carbocycles. The van der Waals surface area contributed by atoms with Crippen LogP contribution in [0.4, 0.5) is 0 Å². The van der Waals surface area contributed by atoms with Gasteiger partial charge in [0, 0.05) is 32.1 Å². The Hall–Kier alpha value is -2.47. The normalized spacial score (nSPS) is 45.3. The van der Waals surface area contributed by atoms with Crippen molar-refractivity contribution in [3.05, 3.63) is 23.3 Å². The first-order valence-corrected chi connectivity index (χ1v) is 22.7. The van der Waals surface area contributed by atoms with Gasteiger partial charge in [0.25, 0.3) is 0 Å². The quantitative estimate of drug-likeness (QED) is 0.105. The highest BCUT2D eigenvalue weighted by atomic mass is 16.7. The average Bonchev–Trinajstić information content (AvgIpc) is 3.39. The molecule has 5 N–H and O–H groups in total. The van der Waals surface area contributed by atoms with Gasteiger partial charge in [-0.2, -0.15) is 0 Å². The zero-order chi connectivity index (χ0) is 45.9. The van der Waals surface area contributed by atoms with Crippen LogP contribution < -0.4 is 0 Å². The van der Waals surface area contributed by atoms with E-state index in [0.29, 0.717) is 12.8 Å². The molecule has 0 radical (unpaired) electrons. The van der Waals surface area contributed by atoms with Gasteiger partial charge in [-0.3, -0.25) is 14.4 Å². The molecule has 0 amide bonds. The fraction of sp³-hybridized carbons (Fsp3) is 0.851. The van der Waals surface area contributed by atoms with Crippen LogP contribution in [-0.2, 0) is 47.5 Å². The molecular weight excluding hydrogens is 805 g/mol. The first kappa shape index (κ1) is 49.0. The molecule has 0 spiro atoms. The van der Waals surface area contributed by atoms with Crippen molar-refractivity contribution < 1.29 is 73.1 Å². The van der Waals surface area contributed by atoms with E-state index in [2.05, 4.69) is 61.5 Å². The molecule has 0 bridgehead atoms. The van der Waals surface area contributed by atoms with Gasteiger partial charge >= 0.3 is 17.9 Å². The van der Waals surface area contributed by atoms with E-state index >= 15 is 0 Å². The molecule has 0 aromatic heterocycles. The number of ether oxygens (including phenoxy) is 7. The highest BCUT2D eigenvalue weighted by Gasteiger charge is 2.72. The number of fused-ring (bicyclic) bond motifs is 5. The molecule has 2 heterocycles. The van der Waals surface area contributed by atoms with Gasteiger partial charge in [0.2, 0.25) is 0 Å². The molecule has 2 saturated heterocycles. The standard InChI is InChI=1S/C47H74O15/c1-23(2)13-12-14-24(3)35-31(60-43-38(54)37(53)36(52)32(61-43)21-56-25(4)48)20-47(11)41-30(51)19-29-28(45(41,9)17-18-46(35,47)10)15-16-34(44(29,7)8)62-42-39(55)40(59-27(6)50)33(22-57-42)58-26(5)49/h13,19,24,28,30-43,51-55H,12,14-18,20-22H2,1-11H3/t24-,28-,30+,31+,32-,33-,34+,35+,36-,37+,38-,39-,40+,41-,42+,43-,45+,46-,47+/m1/s1. The van der Waals surface area contributed by atoms with Crippen LogP contribution in [0.1, 0.15) is 121 Å². The van der Waals surface area contributed by atoms with Gasteiger partial charge in [0.1, 0.15) is 37.1 Å². The van der Waals surface area contributed by atoms with E-state index in [4.69, 9.17) is 33.2 Å². The topological polar surface area (TPSA) is 217 Å². The third-order valence-electron chi connectivity index (χ3n) is 16.3. The first-order valence-electron chi connectivity index (χ1n) is 22.7. The maximum Gasteiger partial charge on any atom is 0.303 e. The predicted octanol–water partition coefficient (Wildman–Crippen LogP) is 4.28. The van der Waals surface area contributed by atoms with E-state index in [-0.39, 0.29) is 47.7 Å². The van der Waals surface area contributed by atoms with Crippen molar-refractivity contribution in [3.8, 4) is 0 Å². The predicted molar refractivity (Wildman–Crippen MR) is 223 cm³/mol. The number of esters is 3. The number of rotatable bonds is 12. The Labute approximate surface area is 366 Å². The number of carbonyl (C=O) groups excluding carboxylic acids is 3. The summed E-state index contributed by atoms with van der Waals surface area (Å²) in [6.07, 6.45) is -3.79. The largest absolute Gasteiger partial charge is 0.463 e. The van der Waals surface area contributed by atoms with E-state index < -0.39 is 102 Å². The van der Waals surface area contributed by atoms with Crippen molar-refractivity contribution in [1.82, 2.24) is 0 Å². The molecule has 4 aliphatic carbocycles. The van der Waals surface area contributed by atoms with E-state index in [9.17, 15) is 39.9 Å². The van der Waals surface area contributed by atoms with Crippen molar-refractivity contribution in [1.29, 1.82) is 0 Å². The first-order chi connectivity index (χ1) is 28.9. The minimum atomic E-state index is -1.59. The Bertz CT molecular complexity index is 1710. The molecule has 6 aliphatic rings. The van der Waals surface area contributed by atoms with E-state index in [1.807, 2.05) is 6.08 Å². The fourth-order valence-electron chi connectivity index (χ4n) is 13.2. The van der Waals surface area contributed by atoms with Gasteiger partial charge in [-0.1, -0.05) is 64.8 Å². The Morgan fingerprint density at radius 1 is 0.806 bits per heavy atom. The summed E-state index contributed by atoms with van der Waals surface area (Å²) in [4.78, 5) is 35.5. The maximum atomic E-state index is 12.6. The van der Waals surface area contributed by atoms with Crippen molar-refractivity contribution in [2.45, 2.75) is 195 Å². The van der Waals surface area contributed by atoms with E-state index in [0.717, 1.165) is 37.7 Å². The molecule has 2 aliphatic heterocycles. The molecule has 5 fully saturated rings. The summed E-state index contributed by atoms with van der Waals surface area (Å²) in [6, 6.07) is 0. The summed E-state index contributed by atoms with van der Waals surface area (Å²) >= 11 is 0. The lowest BCUT2D eigenvalue weighted by Crippen LogP contribution is -2.63. The minimum Gasteiger partial charge on any atom is -0.463 e. The van der Waals surface area contributed by atoms with Crippen molar-refractivity contribution in [2.75, 3.05) is 13.2 Å². The molecule has 15 heteroatoms. The highest BCUT2D eigenvalue weighted by Crippen LogP contribution is 2.75. The molecule has 352 valence electrons. The number of carbonyl (C=O) groups is 3. The Kier molecular flexibility index (Phi) is 14.6. The van der Waals surface area contributed by atoms with Crippen LogP contribution in [0.15, 0.2) is 23.3 Å². The lowest BCUT2D eigenvalue weighted by Gasteiger charge is -2.67. The second kappa shape index (κ2) is 18.4. The zero-order valence-electron chi connectivity index (χ0n) is 38.6. The van der Waals surface area contributed by atoms with Crippen LogP contribution in [0.3, 0.4) is 0 Å². The summed E-state index contributed by atoms with van der Waals surface area (Å²) < 4.78 is 41.3. The molecule has 15 nitrogen and oxygen atoms in total. The molecule has 19 atom stereocenters. The maximum absolute atomic E-state index is 12.6. The van der Waals surface area contributed by atoms with Crippen molar-refractivity contribution >= 4 is 17.9 Å². The van der Waals surface area contributed by atoms with Crippen molar-refractivity contribution in [2.24, 2.45) is 45.3 Å². The van der Waals surface area contributed by atoms with Crippen molar-refractivity contribution in [3.63, 3.8) is 0 Å². The van der Waals surface area contributed by atoms with Crippen LogP contribution in [0.25, 0.3) is 0 Å². The molecule has 62 heavy (non-hydrogen) atoms. The van der Waals surface area contributed by atoms with E-state index in [1.165, 1.54) is 26.3 Å². The van der Waals surface area contributed by atoms with Crippen LogP contribution in [-0.4, -0.2) is 130 Å². The summed E-state index contributed by atoms with van der Waals surface area (Å²) in [6.45, 7) is 20.8. The van der Waals surface area contributed by atoms with E-state index in [1.54, 1.807) is 0 Å². The van der Waals surface area contributed by atoms with Crippen LogP contribution in [0.2, 0.25) is 0 Å². The Balaban J connectivity index is 1.29.